The lowest BCUT2D eigenvalue weighted by Gasteiger charge is -2.17. The second kappa shape index (κ2) is 8.46. The summed E-state index contributed by atoms with van der Waals surface area (Å²) in [5.41, 5.74) is 7.21. The van der Waals surface area contributed by atoms with Gasteiger partial charge in [-0.2, -0.15) is 5.10 Å². The van der Waals surface area contributed by atoms with Crippen molar-refractivity contribution < 1.29 is 13.9 Å². The Labute approximate surface area is 175 Å². The van der Waals surface area contributed by atoms with Gasteiger partial charge >= 0.3 is 0 Å². The highest BCUT2D eigenvalue weighted by molar-refractivity contribution is 7.13. The number of thiazole rings is 1. The minimum absolute atomic E-state index is 0.106. The molecule has 11 heteroatoms. The maximum atomic E-state index is 13.9. The Morgan fingerprint density at radius 3 is 3.10 bits per heavy atom. The summed E-state index contributed by atoms with van der Waals surface area (Å²) in [6.45, 7) is -0.106. The monoisotopic (exact) mass is 432 g/mol. The van der Waals surface area contributed by atoms with E-state index in [1.54, 1.807) is 29.2 Å². The maximum absolute atomic E-state index is 13.9. The molecular weight excluding hydrogens is 411 g/mol. The van der Waals surface area contributed by atoms with E-state index in [1.165, 1.54) is 23.7 Å². The first-order valence-electron chi connectivity index (χ1n) is 9.42. The van der Waals surface area contributed by atoms with Crippen molar-refractivity contribution in [2.45, 2.75) is 31.2 Å². The number of anilines is 1. The number of ether oxygens (including phenoxy) is 1. The predicted molar refractivity (Wildman–Crippen MR) is 110 cm³/mol. The van der Waals surface area contributed by atoms with Crippen molar-refractivity contribution in [1.82, 2.24) is 19.7 Å². The van der Waals surface area contributed by atoms with Crippen LogP contribution in [0.25, 0.3) is 10.6 Å². The van der Waals surface area contributed by atoms with Gasteiger partial charge in [0.15, 0.2) is 0 Å². The molecule has 0 saturated carbocycles. The molecule has 0 unspecified atom stereocenters. The molecule has 158 valence electrons. The van der Waals surface area contributed by atoms with Crippen molar-refractivity contribution in [1.29, 1.82) is 0 Å². The minimum Gasteiger partial charge on any atom is -0.369 e. The number of H-pyrrole nitrogens is 1. The Bertz CT molecular complexity index is 1100. The Hall–Kier alpha value is -2.89. The number of aryl methyl sites for hydroxylation is 1. The summed E-state index contributed by atoms with van der Waals surface area (Å²) in [4.78, 5) is 31.6. The third kappa shape index (κ3) is 4.04. The number of halogens is 1. The van der Waals surface area contributed by atoms with Crippen molar-refractivity contribution in [3.63, 3.8) is 0 Å². The number of carbonyl (C=O) groups is 1. The number of pyridine rings is 1. The number of amides is 1. The van der Waals surface area contributed by atoms with Crippen LogP contribution >= 0.6 is 11.3 Å². The zero-order valence-electron chi connectivity index (χ0n) is 16.2. The molecule has 1 aliphatic rings. The van der Waals surface area contributed by atoms with Gasteiger partial charge in [0, 0.05) is 24.7 Å². The van der Waals surface area contributed by atoms with Gasteiger partial charge in [-0.25, -0.2) is 9.37 Å². The molecule has 0 radical (unpaired) electrons. The number of nitrogens with zero attached hydrogens (tertiary/aromatic N) is 3. The van der Waals surface area contributed by atoms with E-state index in [-0.39, 0.29) is 17.9 Å². The molecule has 4 N–H and O–H groups in total. The molecule has 4 rings (SSSR count). The number of rotatable bonds is 4. The number of nitrogens with one attached hydrogen (secondary N) is 2. The van der Waals surface area contributed by atoms with E-state index in [2.05, 4.69) is 20.4 Å². The third-order valence-electron chi connectivity index (χ3n) is 5.01. The van der Waals surface area contributed by atoms with Crippen molar-refractivity contribution in [3.05, 3.63) is 51.6 Å². The van der Waals surface area contributed by atoms with Crippen LogP contribution in [-0.2, 0) is 11.8 Å². The molecule has 1 aliphatic heterocycles. The molecule has 9 nitrogen and oxygen atoms in total. The summed E-state index contributed by atoms with van der Waals surface area (Å²) in [7, 11) is 1.73. The van der Waals surface area contributed by atoms with Gasteiger partial charge in [-0.3, -0.25) is 14.3 Å². The number of hydrogen-bond donors (Lipinski definition) is 3. The van der Waals surface area contributed by atoms with Crippen molar-refractivity contribution in [3.8, 4) is 10.6 Å². The van der Waals surface area contributed by atoms with Crippen LogP contribution < -0.4 is 16.6 Å². The maximum Gasteiger partial charge on any atom is 0.275 e. The number of alkyl halides is 1. The highest BCUT2D eigenvalue weighted by Gasteiger charge is 2.30. The van der Waals surface area contributed by atoms with Crippen LogP contribution in [-0.4, -0.2) is 44.5 Å². The van der Waals surface area contributed by atoms with Gasteiger partial charge in [-0.15, -0.1) is 11.3 Å². The van der Waals surface area contributed by atoms with Crippen LogP contribution in [0, 0.1) is 0 Å². The fourth-order valence-corrected chi connectivity index (χ4v) is 4.18. The zero-order chi connectivity index (χ0) is 21.3. The standard InChI is InChI=1S/C19H21FN6O3S/c1-26-16(15-5-4-12(21)11(20)8-29-15)13(7-23-26)24-18(28)14-9-30-19(25-14)10-3-2-6-22-17(10)27/h2-3,6-7,9,11-12,15H,4-5,8,21H2,1H3,(H,22,27)(H,24,28)/t11-,12-,15+/m1/s1. The molecule has 30 heavy (non-hydrogen) atoms. The van der Waals surface area contributed by atoms with Crippen LogP contribution in [0.1, 0.15) is 35.1 Å². The Balaban J connectivity index is 1.54. The molecule has 1 saturated heterocycles. The van der Waals surface area contributed by atoms with Gasteiger partial charge in [-0.1, -0.05) is 0 Å². The second-order valence-corrected chi connectivity index (χ2v) is 7.91. The van der Waals surface area contributed by atoms with Crippen molar-refractivity contribution in [2.75, 3.05) is 11.9 Å². The first kappa shape index (κ1) is 20.4. The fourth-order valence-electron chi connectivity index (χ4n) is 3.36. The van der Waals surface area contributed by atoms with Crippen LogP contribution in [0.15, 0.2) is 34.7 Å². The summed E-state index contributed by atoms with van der Waals surface area (Å²) < 4.78 is 21.2. The summed E-state index contributed by atoms with van der Waals surface area (Å²) in [5.74, 6) is -0.437. The van der Waals surface area contributed by atoms with E-state index in [1.807, 2.05) is 0 Å². The number of nitrogens with two attached hydrogens (primary N) is 1. The van der Waals surface area contributed by atoms with Gasteiger partial charge < -0.3 is 20.8 Å². The summed E-state index contributed by atoms with van der Waals surface area (Å²) >= 11 is 1.20. The van der Waals surface area contributed by atoms with Crippen LogP contribution in [0.4, 0.5) is 10.1 Å². The van der Waals surface area contributed by atoms with Crippen LogP contribution in [0.3, 0.4) is 0 Å². The van der Waals surface area contributed by atoms with Gasteiger partial charge in [0.2, 0.25) is 0 Å². The molecule has 0 spiro atoms. The molecule has 1 amide bonds. The summed E-state index contributed by atoms with van der Waals surface area (Å²) in [6, 6.07) is 2.77. The number of aromatic nitrogens is 4. The SMILES string of the molecule is Cn1ncc(NC(=O)c2csc(-c3ccc[nH]c3=O)n2)c1[C@@H]1CC[C@@H](N)[C@H](F)CO1. The lowest BCUT2D eigenvalue weighted by Crippen LogP contribution is -2.32. The largest absolute Gasteiger partial charge is 0.369 e. The fraction of sp³-hybridized carbons (Fsp3) is 0.368. The molecule has 4 heterocycles. The summed E-state index contributed by atoms with van der Waals surface area (Å²) in [6.07, 6.45) is 2.37. The van der Waals surface area contributed by atoms with Gasteiger partial charge in [-0.05, 0) is 25.0 Å². The summed E-state index contributed by atoms with van der Waals surface area (Å²) in [5, 5.41) is 9.04. The Kier molecular flexibility index (Phi) is 5.75. The molecule has 3 atom stereocenters. The van der Waals surface area contributed by atoms with Crippen LogP contribution in [0.2, 0.25) is 0 Å². The van der Waals surface area contributed by atoms with E-state index < -0.39 is 24.2 Å². The molecule has 0 bridgehead atoms. The van der Waals surface area contributed by atoms with E-state index in [4.69, 9.17) is 10.5 Å². The lowest BCUT2D eigenvalue weighted by molar-refractivity contribution is 0.0247. The first-order valence-corrected chi connectivity index (χ1v) is 10.3. The average molecular weight is 432 g/mol. The zero-order valence-corrected chi connectivity index (χ0v) is 17.0. The van der Waals surface area contributed by atoms with Crippen molar-refractivity contribution >= 4 is 22.9 Å². The average Bonchev–Trinajstić information content (AvgIpc) is 3.32. The quantitative estimate of drug-likeness (QED) is 0.579. The third-order valence-corrected chi connectivity index (χ3v) is 5.88. The molecule has 0 aliphatic carbocycles. The molecule has 3 aromatic rings. The molecular formula is C19H21FN6O3S. The topological polar surface area (TPSA) is 128 Å². The van der Waals surface area contributed by atoms with Gasteiger partial charge in [0.25, 0.3) is 11.5 Å². The van der Waals surface area contributed by atoms with E-state index in [9.17, 15) is 14.0 Å². The van der Waals surface area contributed by atoms with Gasteiger partial charge in [0.1, 0.15) is 23.0 Å². The highest BCUT2D eigenvalue weighted by Crippen LogP contribution is 2.32. The highest BCUT2D eigenvalue weighted by atomic mass is 32.1. The van der Waals surface area contributed by atoms with Gasteiger partial charge in [0.05, 0.1) is 29.7 Å². The minimum atomic E-state index is -1.23. The predicted octanol–water partition coefficient (Wildman–Crippen LogP) is 2.00. The van der Waals surface area contributed by atoms with E-state index >= 15 is 0 Å². The Morgan fingerprint density at radius 1 is 1.47 bits per heavy atom. The second-order valence-electron chi connectivity index (χ2n) is 7.05. The number of carbonyl (C=O) groups excluding carboxylic acids is 1. The lowest BCUT2D eigenvalue weighted by atomic mass is 10.0. The van der Waals surface area contributed by atoms with Crippen LogP contribution in [0.5, 0.6) is 0 Å². The smallest absolute Gasteiger partial charge is 0.275 e. The van der Waals surface area contributed by atoms with Crippen molar-refractivity contribution in [2.24, 2.45) is 12.8 Å². The number of hydrogen-bond acceptors (Lipinski definition) is 7. The molecule has 3 aromatic heterocycles. The molecule has 1 fully saturated rings. The normalized spacial score (nSPS) is 21.9. The van der Waals surface area contributed by atoms with E-state index in [0.717, 1.165) is 0 Å². The first-order chi connectivity index (χ1) is 14.4. The number of aromatic amines is 1. The Morgan fingerprint density at radius 2 is 2.30 bits per heavy atom. The van der Waals surface area contributed by atoms with E-state index in [0.29, 0.717) is 34.8 Å². The molecule has 0 aromatic carbocycles.